The molecule has 0 radical (unpaired) electrons. The fraction of sp³-hybridized carbons (Fsp3) is 0.0714. The number of aromatic nitrogens is 2. The zero-order chi connectivity index (χ0) is 13.6. The second kappa shape index (κ2) is 4.65. The minimum Gasteiger partial charge on any atom is -0.383 e. The standard InChI is InChI=1S/C14H11Br2N3/c1-8-6-9(2-4-11(8)16)13-14(17)19-7-10(15)3-5-12(19)18-13/h2-7H,17H2,1H3. The van der Waals surface area contributed by atoms with E-state index in [0.29, 0.717) is 5.82 Å². The predicted octanol–water partition coefficient (Wildman–Crippen LogP) is 4.42. The minimum absolute atomic E-state index is 0.651. The fourth-order valence-electron chi connectivity index (χ4n) is 2.04. The number of hydrogen-bond acceptors (Lipinski definition) is 2. The number of imidazole rings is 1. The Hall–Kier alpha value is -1.33. The van der Waals surface area contributed by atoms with Gasteiger partial charge >= 0.3 is 0 Å². The Morgan fingerprint density at radius 2 is 1.95 bits per heavy atom. The number of halogens is 2. The maximum Gasteiger partial charge on any atom is 0.139 e. The number of benzene rings is 1. The molecule has 0 aliphatic heterocycles. The third-order valence-corrected chi connectivity index (χ3v) is 4.41. The first-order valence-corrected chi connectivity index (χ1v) is 7.34. The molecule has 1 aromatic carbocycles. The van der Waals surface area contributed by atoms with E-state index in [2.05, 4.69) is 49.8 Å². The van der Waals surface area contributed by atoms with Crippen LogP contribution in [0.2, 0.25) is 0 Å². The van der Waals surface area contributed by atoms with Gasteiger partial charge in [0, 0.05) is 20.7 Å². The Kier molecular flexibility index (Phi) is 3.11. The summed E-state index contributed by atoms with van der Waals surface area (Å²) in [5, 5.41) is 0. The van der Waals surface area contributed by atoms with Crippen LogP contribution in [0.5, 0.6) is 0 Å². The van der Waals surface area contributed by atoms with E-state index in [1.165, 1.54) is 0 Å². The van der Waals surface area contributed by atoms with Gasteiger partial charge in [0.1, 0.15) is 17.2 Å². The number of nitrogens with two attached hydrogens (primary N) is 1. The number of hydrogen-bond donors (Lipinski definition) is 1. The highest BCUT2D eigenvalue weighted by Gasteiger charge is 2.12. The molecule has 0 unspecified atom stereocenters. The Morgan fingerprint density at radius 3 is 2.68 bits per heavy atom. The average Bonchev–Trinajstić information content (AvgIpc) is 2.70. The number of nitrogen functional groups attached to an aromatic ring is 1. The highest BCUT2D eigenvalue weighted by Crippen LogP contribution is 2.30. The maximum absolute atomic E-state index is 6.20. The van der Waals surface area contributed by atoms with E-state index >= 15 is 0 Å². The Balaban J connectivity index is 2.24. The molecular weight excluding hydrogens is 370 g/mol. The van der Waals surface area contributed by atoms with Crippen LogP contribution in [0.4, 0.5) is 5.82 Å². The highest BCUT2D eigenvalue weighted by atomic mass is 79.9. The van der Waals surface area contributed by atoms with Gasteiger partial charge < -0.3 is 5.73 Å². The van der Waals surface area contributed by atoms with Crippen molar-refractivity contribution in [3.05, 3.63) is 51.0 Å². The van der Waals surface area contributed by atoms with E-state index < -0.39 is 0 Å². The normalized spacial score (nSPS) is 11.1. The molecule has 3 rings (SSSR count). The summed E-state index contributed by atoms with van der Waals surface area (Å²) in [7, 11) is 0. The number of aryl methyl sites for hydroxylation is 1. The summed E-state index contributed by atoms with van der Waals surface area (Å²) in [6, 6.07) is 10.0. The van der Waals surface area contributed by atoms with Crippen LogP contribution in [0.1, 0.15) is 5.56 Å². The number of rotatable bonds is 1. The molecule has 2 heterocycles. The molecule has 0 saturated heterocycles. The van der Waals surface area contributed by atoms with Crippen LogP contribution in [-0.2, 0) is 0 Å². The van der Waals surface area contributed by atoms with Gasteiger partial charge in [0.15, 0.2) is 0 Å². The average molecular weight is 381 g/mol. The zero-order valence-electron chi connectivity index (χ0n) is 10.2. The van der Waals surface area contributed by atoms with Gasteiger partial charge in [0.2, 0.25) is 0 Å². The summed E-state index contributed by atoms with van der Waals surface area (Å²) >= 11 is 6.94. The first kappa shape index (κ1) is 12.7. The summed E-state index contributed by atoms with van der Waals surface area (Å²) < 4.78 is 3.94. The second-order valence-corrected chi connectivity index (χ2v) is 6.16. The molecule has 0 spiro atoms. The van der Waals surface area contributed by atoms with E-state index in [1.807, 2.05) is 34.9 Å². The van der Waals surface area contributed by atoms with Gasteiger partial charge in [-0.15, -0.1) is 0 Å². The van der Waals surface area contributed by atoms with E-state index in [0.717, 1.165) is 31.4 Å². The van der Waals surface area contributed by atoms with Gasteiger partial charge in [0.25, 0.3) is 0 Å². The number of pyridine rings is 1. The third-order valence-electron chi connectivity index (χ3n) is 3.05. The quantitative estimate of drug-likeness (QED) is 0.679. The Bertz CT molecular complexity index is 778. The van der Waals surface area contributed by atoms with Gasteiger partial charge in [-0.05, 0) is 52.7 Å². The van der Waals surface area contributed by atoms with Crippen molar-refractivity contribution in [3.63, 3.8) is 0 Å². The van der Waals surface area contributed by atoms with Crippen LogP contribution in [0.25, 0.3) is 16.9 Å². The number of anilines is 1. The van der Waals surface area contributed by atoms with Crippen LogP contribution in [-0.4, -0.2) is 9.38 Å². The smallest absolute Gasteiger partial charge is 0.139 e. The molecule has 0 saturated carbocycles. The van der Waals surface area contributed by atoms with E-state index in [-0.39, 0.29) is 0 Å². The summed E-state index contributed by atoms with van der Waals surface area (Å²) in [5.41, 5.74) is 10.0. The molecule has 2 aromatic heterocycles. The van der Waals surface area contributed by atoms with Crippen molar-refractivity contribution in [1.82, 2.24) is 9.38 Å². The lowest BCUT2D eigenvalue weighted by atomic mass is 10.1. The largest absolute Gasteiger partial charge is 0.383 e. The lowest BCUT2D eigenvalue weighted by Gasteiger charge is -2.03. The lowest BCUT2D eigenvalue weighted by molar-refractivity contribution is 1.18. The molecule has 3 nitrogen and oxygen atoms in total. The lowest BCUT2D eigenvalue weighted by Crippen LogP contribution is -1.94. The minimum atomic E-state index is 0.651. The van der Waals surface area contributed by atoms with Crippen molar-refractivity contribution in [2.45, 2.75) is 6.92 Å². The molecule has 5 heteroatoms. The molecular formula is C14H11Br2N3. The van der Waals surface area contributed by atoms with Crippen molar-refractivity contribution in [2.75, 3.05) is 5.73 Å². The topological polar surface area (TPSA) is 43.3 Å². The predicted molar refractivity (Wildman–Crippen MR) is 85.2 cm³/mol. The van der Waals surface area contributed by atoms with Crippen LogP contribution in [0.15, 0.2) is 45.5 Å². The van der Waals surface area contributed by atoms with Gasteiger partial charge in [0.05, 0.1) is 0 Å². The van der Waals surface area contributed by atoms with Gasteiger partial charge in [-0.3, -0.25) is 4.40 Å². The molecule has 19 heavy (non-hydrogen) atoms. The molecule has 0 fully saturated rings. The molecule has 0 aliphatic rings. The molecule has 0 amide bonds. The van der Waals surface area contributed by atoms with Crippen molar-refractivity contribution in [2.24, 2.45) is 0 Å². The maximum atomic E-state index is 6.20. The SMILES string of the molecule is Cc1cc(-c2nc3ccc(Br)cn3c2N)ccc1Br. The Morgan fingerprint density at radius 1 is 1.16 bits per heavy atom. The van der Waals surface area contributed by atoms with Crippen LogP contribution in [0.3, 0.4) is 0 Å². The molecule has 96 valence electrons. The molecule has 3 aromatic rings. The van der Waals surface area contributed by atoms with Crippen molar-refractivity contribution in [1.29, 1.82) is 0 Å². The van der Waals surface area contributed by atoms with Gasteiger partial charge in [-0.1, -0.05) is 22.0 Å². The summed E-state index contributed by atoms with van der Waals surface area (Å²) in [5.74, 6) is 0.651. The van der Waals surface area contributed by atoms with Crippen LogP contribution < -0.4 is 5.73 Å². The fourth-order valence-corrected chi connectivity index (χ4v) is 2.62. The van der Waals surface area contributed by atoms with E-state index in [4.69, 9.17) is 5.73 Å². The second-order valence-electron chi connectivity index (χ2n) is 4.39. The highest BCUT2D eigenvalue weighted by molar-refractivity contribution is 9.10. The summed E-state index contributed by atoms with van der Waals surface area (Å²) in [6.45, 7) is 2.05. The molecule has 0 bridgehead atoms. The monoisotopic (exact) mass is 379 g/mol. The molecule has 2 N–H and O–H groups in total. The first-order valence-electron chi connectivity index (χ1n) is 5.76. The van der Waals surface area contributed by atoms with E-state index in [1.54, 1.807) is 0 Å². The van der Waals surface area contributed by atoms with Crippen molar-refractivity contribution >= 4 is 43.3 Å². The first-order chi connectivity index (χ1) is 9.06. The van der Waals surface area contributed by atoms with Crippen LogP contribution >= 0.6 is 31.9 Å². The Labute approximate surface area is 127 Å². The van der Waals surface area contributed by atoms with E-state index in [9.17, 15) is 0 Å². The van der Waals surface area contributed by atoms with Gasteiger partial charge in [-0.2, -0.15) is 0 Å². The third kappa shape index (κ3) is 2.17. The van der Waals surface area contributed by atoms with Crippen molar-refractivity contribution < 1.29 is 0 Å². The summed E-state index contributed by atoms with van der Waals surface area (Å²) in [6.07, 6.45) is 1.92. The number of fused-ring (bicyclic) bond motifs is 1. The van der Waals surface area contributed by atoms with Crippen molar-refractivity contribution in [3.8, 4) is 11.3 Å². The van der Waals surface area contributed by atoms with Crippen LogP contribution in [0, 0.1) is 6.92 Å². The summed E-state index contributed by atoms with van der Waals surface area (Å²) in [4.78, 5) is 4.60. The zero-order valence-corrected chi connectivity index (χ0v) is 13.4. The molecule has 0 aliphatic carbocycles. The molecule has 0 atom stereocenters. The van der Waals surface area contributed by atoms with Gasteiger partial charge in [-0.25, -0.2) is 4.98 Å². The number of nitrogens with zero attached hydrogens (tertiary/aromatic N) is 2.